The number of aryl methyl sites for hydroxylation is 2. The van der Waals surface area contributed by atoms with E-state index in [1.54, 1.807) is 34.9 Å². The third-order valence-electron chi connectivity index (χ3n) is 4.06. The molecule has 0 aliphatic carbocycles. The third-order valence-corrected chi connectivity index (χ3v) is 5.33. The lowest BCUT2D eigenvalue weighted by molar-refractivity contribution is 0.577. The first-order valence-corrected chi connectivity index (χ1v) is 9.71. The van der Waals surface area contributed by atoms with Crippen LogP contribution in [0.5, 0.6) is 0 Å². The average molecular weight is 374 g/mol. The van der Waals surface area contributed by atoms with Crippen molar-refractivity contribution in [2.75, 3.05) is 0 Å². The van der Waals surface area contributed by atoms with E-state index in [1.165, 1.54) is 6.20 Å². The second kappa shape index (κ2) is 7.00. The highest BCUT2D eigenvalue weighted by Crippen LogP contribution is 2.19. The van der Waals surface area contributed by atoms with Crippen molar-refractivity contribution >= 4 is 10.0 Å². The highest BCUT2D eigenvalue weighted by molar-refractivity contribution is 7.89. The predicted molar refractivity (Wildman–Crippen MR) is 97.8 cm³/mol. The van der Waals surface area contributed by atoms with Crippen molar-refractivity contribution in [3.8, 4) is 11.3 Å². The SMILES string of the molecule is CC(C)c1nc(S(=O)(=O)NCc2cncc(-c3ccnn3C)c2)cn1C. The van der Waals surface area contributed by atoms with E-state index in [2.05, 4.69) is 19.8 Å². The van der Waals surface area contributed by atoms with Crippen molar-refractivity contribution in [2.45, 2.75) is 31.3 Å². The second-order valence-corrected chi connectivity index (χ2v) is 8.16. The largest absolute Gasteiger partial charge is 0.336 e. The molecule has 0 atom stereocenters. The average Bonchev–Trinajstić information content (AvgIpc) is 3.19. The number of hydrogen-bond donors (Lipinski definition) is 1. The molecule has 26 heavy (non-hydrogen) atoms. The van der Waals surface area contributed by atoms with Crippen molar-refractivity contribution in [2.24, 2.45) is 14.1 Å². The molecule has 138 valence electrons. The molecule has 0 aliphatic heterocycles. The maximum atomic E-state index is 12.5. The van der Waals surface area contributed by atoms with E-state index in [-0.39, 0.29) is 17.5 Å². The molecule has 0 radical (unpaired) electrons. The molecule has 3 heterocycles. The van der Waals surface area contributed by atoms with E-state index in [4.69, 9.17) is 0 Å². The van der Waals surface area contributed by atoms with E-state index in [0.717, 1.165) is 22.6 Å². The Balaban J connectivity index is 1.78. The number of imidazole rings is 1. The standard InChI is InChI=1S/C17H22N6O2S/c1-12(2)17-21-16(11-22(17)3)26(24,25)20-9-13-7-14(10-18-8-13)15-5-6-19-23(15)4/h5-8,10-12,20H,9H2,1-4H3. The highest BCUT2D eigenvalue weighted by atomic mass is 32.2. The summed E-state index contributed by atoms with van der Waals surface area (Å²) in [7, 11) is -0.0561. The maximum absolute atomic E-state index is 12.5. The molecule has 3 aromatic heterocycles. The van der Waals surface area contributed by atoms with E-state index in [9.17, 15) is 8.42 Å². The zero-order valence-corrected chi connectivity index (χ0v) is 16.0. The Kier molecular flexibility index (Phi) is 4.92. The van der Waals surface area contributed by atoms with E-state index < -0.39 is 10.0 Å². The van der Waals surface area contributed by atoms with Crippen LogP contribution in [0.25, 0.3) is 11.3 Å². The molecule has 3 aromatic rings. The summed E-state index contributed by atoms with van der Waals surface area (Å²) in [6.07, 6.45) is 6.60. The van der Waals surface area contributed by atoms with E-state index >= 15 is 0 Å². The summed E-state index contributed by atoms with van der Waals surface area (Å²) in [5.74, 6) is 0.869. The van der Waals surface area contributed by atoms with Crippen LogP contribution in [0, 0.1) is 0 Å². The molecule has 0 amide bonds. The lowest BCUT2D eigenvalue weighted by Gasteiger charge is -2.07. The van der Waals surface area contributed by atoms with Gasteiger partial charge in [0.2, 0.25) is 0 Å². The lowest BCUT2D eigenvalue weighted by atomic mass is 10.1. The Morgan fingerprint density at radius 3 is 2.62 bits per heavy atom. The Morgan fingerprint density at radius 1 is 1.23 bits per heavy atom. The second-order valence-electron chi connectivity index (χ2n) is 6.45. The van der Waals surface area contributed by atoms with Gasteiger partial charge < -0.3 is 4.57 Å². The van der Waals surface area contributed by atoms with Gasteiger partial charge >= 0.3 is 0 Å². The molecule has 1 N–H and O–H groups in total. The fourth-order valence-corrected chi connectivity index (χ4v) is 3.77. The van der Waals surface area contributed by atoms with Gasteiger partial charge in [-0.1, -0.05) is 13.8 Å². The maximum Gasteiger partial charge on any atom is 0.259 e. The van der Waals surface area contributed by atoms with Crippen LogP contribution in [0.1, 0.15) is 31.2 Å². The Hall–Kier alpha value is -2.52. The number of hydrogen-bond acceptors (Lipinski definition) is 5. The fraction of sp³-hybridized carbons (Fsp3) is 0.353. The molecule has 0 saturated heterocycles. The predicted octanol–water partition coefficient (Wildman–Crippen LogP) is 1.82. The molecule has 0 bridgehead atoms. The fourth-order valence-electron chi connectivity index (χ4n) is 2.75. The monoisotopic (exact) mass is 374 g/mol. The molecule has 0 aromatic carbocycles. The highest BCUT2D eigenvalue weighted by Gasteiger charge is 2.20. The van der Waals surface area contributed by atoms with Gasteiger partial charge in [0.15, 0.2) is 5.03 Å². The van der Waals surface area contributed by atoms with Crippen LogP contribution < -0.4 is 4.72 Å². The number of rotatable bonds is 6. The molecule has 0 aliphatic rings. The molecular formula is C17H22N6O2S. The van der Waals surface area contributed by atoms with Gasteiger partial charge in [-0.25, -0.2) is 18.1 Å². The number of nitrogens with one attached hydrogen (secondary N) is 1. The van der Waals surface area contributed by atoms with Crippen molar-refractivity contribution in [1.82, 2.24) is 29.0 Å². The van der Waals surface area contributed by atoms with Gasteiger partial charge in [-0.2, -0.15) is 5.10 Å². The van der Waals surface area contributed by atoms with Crippen molar-refractivity contribution in [3.63, 3.8) is 0 Å². The smallest absolute Gasteiger partial charge is 0.259 e. The summed E-state index contributed by atoms with van der Waals surface area (Å²) < 4.78 is 31.2. The van der Waals surface area contributed by atoms with Crippen LogP contribution in [0.15, 0.2) is 41.9 Å². The van der Waals surface area contributed by atoms with Crippen LogP contribution >= 0.6 is 0 Å². The molecule has 0 unspecified atom stereocenters. The van der Waals surface area contributed by atoms with E-state index in [0.29, 0.717) is 0 Å². The minimum Gasteiger partial charge on any atom is -0.336 e. The summed E-state index contributed by atoms with van der Waals surface area (Å²) >= 11 is 0. The number of aromatic nitrogens is 5. The first-order valence-electron chi connectivity index (χ1n) is 8.23. The van der Waals surface area contributed by atoms with Crippen LogP contribution in [-0.4, -0.2) is 32.7 Å². The minimum absolute atomic E-state index is 0.0273. The summed E-state index contributed by atoms with van der Waals surface area (Å²) in [5, 5.41) is 4.17. The normalized spacial score (nSPS) is 12.0. The molecule has 0 fully saturated rings. The van der Waals surface area contributed by atoms with Crippen LogP contribution in [0.4, 0.5) is 0 Å². The van der Waals surface area contributed by atoms with Crippen molar-refractivity contribution in [1.29, 1.82) is 0 Å². The summed E-state index contributed by atoms with van der Waals surface area (Å²) in [5.41, 5.74) is 2.54. The Bertz CT molecular complexity index is 1020. The summed E-state index contributed by atoms with van der Waals surface area (Å²) in [6.45, 7) is 4.08. The number of sulfonamides is 1. The van der Waals surface area contributed by atoms with Crippen LogP contribution in [-0.2, 0) is 30.7 Å². The zero-order chi connectivity index (χ0) is 18.9. The van der Waals surface area contributed by atoms with Crippen molar-refractivity contribution < 1.29 is 8.42 Å². The van der Waals surface area contributed by atoms with Gasteiger partial charge in [0.25, 0.3) is 10.0 Å². The zero-order valence-electron chi connectivity index (χ0n) is 15.2. The van der Waals surface area contributed by atoms with E-state index in [1.807, 2.05) is 33.0 Å². The Labute approximate surface area is 153 Å². The Morgan fingerprint density at radius 2 is 2.00 bits per heavy atom. The third kappa shape index (κ3) is 3.68. The molecule has 9 heteroatoms. The van der Waals surface area contributed by atoms with Crippen molar-refractivity contribution in [3.05, 3.63) is 48.3 Å². The topological polar surface area (TPSA) is 94.7 Å². The first-order chi connectivity index (χ1) is 12.3. The van der Waals surface area contributed by atoms with Crippen LogP contribution in [0.3, 0.4) is 0 Å². The minimum atomic E-state index is -3.70. The van der Waals surface area contributed by atoms with Gasteiger partial charge in [-0.3, -0.25) is 9.67 Å². The van der Waals surface area contributed by atoms with Gasteiger partial charge in [-0.15, -0.1) is 0 Å². The van der Waals surface area contributed by atoms with Gasteiger partial charge in [-0.05, 0) is 17.7 Å². The molecule has 8 nitrogen and oxygen atoms in total. The molecule has 3 rings (SSSR count). The summed E-state index contributed by atoms with van der Waals surface area (Å²) in [6, 6.07) is 3.77. The summed E-state index contributed by atoms with van der Waals surface area (Å²) in [4.78, 5) is 8.45. The van der Waals surface area contributed by atoms with Gasteiger partial charge in [0.1, 0.15) is 5.82 Å². The lowest BCUT2D eigenvalue weighted by Crippen LogP contribution is -2.23. The molecule has 0 spiro atoms. The quantitative estimate of drug-likeness (QED) is 0.710. The van der Waals surface area contributed by atoms with Gasteiger partial charge in [0, 0.05) is 56.9 Å². The number of nitrogens with zero attached hydrogens (tertiary/aromatic N) is 5. The van der Waals surface area contributed by atoms with Crippen LogP contribution in [0.2, 0.25) is 0 Å². The number of pyridine rings is 1. The van der Waals surface area contributed by atoms with Gasteiger partial charge in [0.05, 0.1) is 5.69 Å². The molecule has 0 saturated carbocycles. The first kappa shape index (κ1) is 18.3. The molecular weight excluding hydrogens is 352 g/mol.